The van der Waals surface area contributed by atoms with Crippen molar-refractivity contribution in [3.63, 3.8) is 0 Å². The smallest absolute Gasteiger partial charge is 0.435 e. The number of imide groups is 1. The highest BCUT2D eigenvalue weighted by molar-refractivity contribution is 6.22. The first kappa shape index (κ1) is 35.5. The monoisotopic (exact) mass is 727 g/mol. The van der Waals surface area contributed by atoms with Gasteiger partial charge in [-0.2, -0.15) is 4.68 Å². The van der Waals surface area contributed by atoms with E-state index in [1.165, 1.54) is 14.2 Å². The number of benzene rings is 2. The molecule has 1 saturated carbocycles. The Hall–Kier alpha value is -5.93. The van der Waals surface area contributed by atoms with Crippen LogP contribution in [0.4, 0.5) is 31.7 Å². The number of fused-ring (bicyclic) bond motifs is 3. The maximum atomic E-state index is 13.8. The van der Waals surface area contributed by atoms with Crippen molar-refractivity contribution in [3.8, 4) is 11.6 Å². The van der Waals surface area contributed by atoms with Crippen LogP contribution in [0.1, 0.15) is 76.6 Å². The molecule has 2 aromatic carbocycles. The second-order valence-corrected chi connectivity index (χ2v) is 15.4. The minimum Gasteiger partial charge on any atom is -0.497 e. The molecule has 2 atom stereocenters. The first-order valence-electron chi connectivity index (χ1n) is 17.1. The highest BCUT2D eigenvalue weighted by atomic mass is 16.6. The van der Waals surface area contributed by atoms with Crippen LogP contribution in [-0.2, 0) is 19.7 Å². The summed E-state index contributed by atoms with van der Waals surface area (Å²) in [6, 6.07) is 10.3. The van der Waals surface area contributed by atoms with E-state index in [0.717, 1.165) is 9.58 Å². The number of nitrogens with one attached hydrogen (secondary N) is 1. The van der Waals surface area contributed by atoms with E-state index in [1.54, 1.807) is 62.2 Å². The highest BCUT2D eigenvalue weighted by Crippen LogP contribution is 2.67. The van der Waals surface area contributed by atoms with Crippen molar-refractivity contribution < 1.29 is 43.2 Å². The molecule has 278 valence electrons. The largest absolute Gasteiger partial charge is 0.497 e. The molecule has 16 nitrogen and oxygen atoms in total. The fourth-order valence-electron chi connectivity index (χ4n) is 6.97. The lowest BCUT2D eigenvalue weighted by Gasteiger charge is -2.39. The summed E-state index contributed by atoms with van der Waals surface area (Å²) in [6.07, 6.45) is -0.535. The SMILES string of the molecule is COc1ccc2c(c1)[C@]1(C[C@H]1c1ccc3c(Nc4nc(C5CN(C(=O)OC(C)(C)C)C5)cnc4OC)nn(C(=O)OC(C)(C)C)c3c1)C(=O)N2C(=O)O. The molecule has 1 saturated heterocycles. The Morgan fingerprint density at radius 2 is 1.62 bits per heavy atom. The molecule has 0 radical (unpaired) electrons. The van der Waals surface area contributed by atoms with Crippen molar-refractivity contribution in [1.29, 1.82) is 0 Å². The third-order valence-corrected chi connectivity index (χ3v) is 9.48. The minimum absolute atomic E-state index is 0.0913. The van der Waals surface area contributed by atoms with Crippen LogP contribution in [0.3, 0.4) is 0 Å². The van der Waals surface area contributed by atoms with E-state index >= 15 is 0 Å². The van der Waals surface area contributed by atoms with Crippen LogP contribution in [-0.4, -0.2) is 92.5 Å². The lowest BCUT2D eigenvalue weighted by atomic mass is 9.91. The lowest BCUT2D eigenvalue weighted by Crippen LogP contribution is -2.50. The molecule has 53 heavy (non-hydrogen) atoms. The molecule has 2 aromatic heterocycles. The van der Waals surface area contributed by atoms with Gasteiger partial charge in [-0.1, -0.05) is 6.07 Å². The number of aromatic nitrogens is 4. The van der Waals surface area contributed by atoms with Crippen molar-refractivity contribution in [3.05, 3.63) is 59.4 Å². The average Bonchev–Trinajstić information content (AvgIpc) is 3.64. The van der Waals surface area contributed by atoms with Gasteiger partial charge in [0, 0.05) is 30.3 Å². The zero-order valence-corrected chi connectivity index (χ0v) is 30.7. The summed E-state index contributed by atoms with van der Waals surface area (Å²) in [5.74, 6) is 0.185. The third-order valence-electron chi connectivity index (χ3n) is 9.48. The fourth-order valence-corrected chi connectivity index (χ4v) is 6.97. The molecule has 0 unspecified atom stereocenters. The zero-order valence-electron chi connectivity index (χ0n) is 30.7. The number of nitrogens with zero attached hydrogens (tertiary/aromatic N) is 6. The predicted molar refractivity (Wildman–Crippen MR) is 191 cm³/mol. The van der Waals surface area contributed by atoms with E-state index in [1.807, 2.05) is 26.8 Å². The Morgan fingerprint density at radius 1 is 0.925 bits per heavy atom. The third kappa shape index (κ3) is 6.21. The number of likely N-dealkylation sites (tertiary alicyclic amines) is 1. The Balaban J connectivity index is 1.23. The molecule has 1 aliphatic carbocycles. The van der Waals surface area contributed by atoms with E-state index in [-0.39, 0.29) is 23.4 Å². The van der Waals surface area contributed by atoms with Gasteiger partial charge in [0.2, 0.25) is 5.91 Å². The maximum absolute atomic E-state index is 13.8. The highest BCUT2D eigenvalue weighted by Gasteiger charge is 2.68. The number of carbonyl (C=O) groups excluding carboxylic acids is 3. The molecule has 2 aliphatic heterocycles. The maximum Gasteiger partial charge on any atom is 0.435 e. The number of amides is 3. The Bertz CT molecular complexity index is 2180. The van der Waals surface area contributed by atoms with Gasteiger partial charge in [0.15, 0.2) is 11.6 Å². The summed E-state index contributed by atoms with van der Waals surface area (Å²) < 4.78 is 23.3. The summed E-state index contributed by atoms with van der Waals surface area (Å²) in [7, 11) is 2.97. The number of carboxylic acid groups (broad SMARTS) is 1. The molecular weight excluding hydrogens is 686 g/mol. The van der Waals surface area contributed by atoms with Gasteiger partial charge in [0.05, 0.1) is 42.7 Å². The van der Waals surface area contributed by atoms with Crippen LogP contribution in [0.5, 0.6) is 11.6 Å². The van der Waals surface area contributed by atoms with Gasteiger partial charge in [-0.3, -0.25) is 4.79 Å². The minimum atomic E-state index is -1.36. The molecule has 4 heterocycles. The van der Waals surface area contributed by atoms with Gasteiger partial charge < -0.3 is 34.3 Å². The van der Waals surface area contributed by atoms with Crippen molar-refractivity contribution >= 4 is 52.4 Å². The molecule has 3 amide bonds. The molecular formula is C37H41N7O9. The van der Waals surface area contributed by atoms with Crippen LogP contribution >= 0.6 is 0 Å². The summed E-state index contributed by atoms with van der Waals surface area (Å²) in [4.78, 5) is 63.7. The fraction of sp³-hybridized carbons (Fsp3) is 0.432. The van der Waals surface area contributed by atoms with Crippen LogP contribution in [0, 0.1) is 0 Å². The van der Waals surface area contributed by atoms with Crippen LogP contribution in [0.2, 0.25) is 0 Å². The first-order valence-corrected chi connectivity index (χ1v) is 17.1. The average molecular weight is 728 g/mol. The van der Waals surface area contributed by atoms with Crippen LogP contribution in [0.25, 0.3) is 10.9 Å². The van der Waals surface area contributed by atoms with E-state index in [4.69, 9.17) is 23.9 Å². The first-order chi connectivity index (χ1) is 24.9. The molecule has 1 spiro atoms. The van der Waals surface area contributed by atoms with E-state index in [2.05, 4.69) is 15.4 Å². The van der Waals surface area contributed by atoms with Crippen molar-refractivity contribution in [2.45, 2.75) is 76.4 Å². The molecule has 0 bridgehead atoms. The molecule has 2 fully saturated rings. The number of methoxy groups -OCH3 is 2. The molecule has 7 rings (SSSR count). The molecule has 16 heteroatoms. The number of ether oxygens (including phenoxy) is 4. The van der Waals surface area contributed by atoms with Crippen molar-refractivity contribution in [2.75, 3.05) is 37.5 Å². The Morgan fingerprint density at radius 3 is 2.26 bits per heavy atom. The normalized spacial score (nSPS) is 19.5. The summed E-state index contributed by atoms with van der Waals surface area (Å²) >= 11 is 0. The van der Waals surface area contributed by atoms with Crippen molar-refractivity contribution in [1.82, 2.24) is 24.6 Å². The summed E-state index contributed by atoms with van der Waals surface area (Å²) in [6.45, 7) is 11.5. The van der Waals surface area contributed by atoms with Gasteiger partial charge in [0.25, 0.3) is 5.88 Å². The van der Waals surface area contributed by atoms with E-state index in [9.17, 15) is 24.3 Å². The number of anilines is 3. The van der Waals surface area contributed by atoms with Gasteiger partial charge >= 0.3 is 18.3 Å². The number of carbonyl (C=O) groups is 4. The quantitative estimate of drug-likeness (QED) is 0.230. The second-order valence-electron chi connectivity index (χ2n) is 15.4. The molecule has 3 aliphatic rings. The standard InChI is InChI=1S/C37H41N7O9/c1-35(2,3)52-33(48)42-17-20(18-42)25-16-38-30(51-8)29(39-25)40-28-22-11-9-19(13-27(22)44(41-28)34(49)53-36(4,5)6)24-15-37(24)23-14-21(50-7)10-12-26(23)43(31(37)45)32(46)47/h9-14,16,20,24H,15,17-18H2,1-8H3,(H,46,47)(H,39,40,41)/t24-,37-/m0/s1. The topological polar surface area (TPSA) is 188 Å². The van der Waals surface area contributed by atoms with Crippen molar-refractivity contribution in [2.24, 2.45) is 0 Å². The van der Waals surface area contributed by atoms with Crippen LogP contribution in [0.15, 0.2) is 42.6 Å². The van der Waals surface area contributed by atoms with Gasteiger partial charge in [0.1, 0.15) is 17.0 Å². The number of rotatable bonds is 6. The second kappa shape index (κ2) is 12.3. The van der Waals surface area contributed by atoms with E-state index in [0.29, 0.717) is 58.7 Å². The summed E-state index contributed by atoms with van der Waals surface area (Å²) in [5.41, 5.74) is 0.0405. The van der Waals surface area contributed by atoms with Gasteiger partial charge in [-0.05, 0) is 89.4 Å². The lowest BCUT2D eigenvalue weighted by molar-refractivity contribution is -0.119. The Kier molecular flexibility index (Phi) is 8.26. The van der Waals surface area contributed by atoms with Gasteiger partial charge in [-0.25, -0.2) is 29.3 Å². The van der Waals surface area contributed by atoms with E-state index < -0.39 is 46.7 Å². The van der Waals surface area contributed by atoms with Crippen LogP contribution < -0.4 is 19.7 Å². The predicted octanol–water partition coefficient (Wildman–Crippen LogP) is 6.15. The number of hydrogen-bond donors (Lipinski definition) is 2. The number of hydrogen-bond acceptors (Lipinski definition) is 12. The zero-order chi connectivity index (χ0) is 38.2. The molecule has 2 N–H and O–H groups in total. The molecule has 4 aromatic rings. The Labute approximate surface area is 305 Å². The summed E-state index contributed by atoms with van der Waals surface area (Å²) in [5, 5.41) is 18.3. The van der Waals surface area contributed by atoms with Gasteiger partial charge in [-0.15, -0.1) is 5.10 Å².